The van der Waals surface area contributed by atoms with Crippen LogP contribution in [-0.4, -0.2) is 0 Å². The Morgan fingerprint density at radius 1 is 0.722 bits per heavy atom. The van der Waals surface area contributed by atoms with Crippen molar-refractivity contribution >= 4 is 11.1 Å². The van der Waals surface area contributed by atoms with Gasteiger partial charge in [-0.3, -0.25) is 0 Å². The van der Waals surface area contributed by atoms with Gasteiger partial charge in [0.05, 0.1) is 0 Å². The monoisotopic (exact) mass is 234 g/mol. The van der Waals surface area contributed by atoms with E-state index in [1.165, 1.54) is 33.4 Å². The number of allylic oxidation sites excluding steroid dienone is 8. The Kier molecular flexibility index (Phi) is 2.79. The Morgan fingerprint density at radius 3 is 1.50 bits per heavy atom. The Hall–Kier alpha value is -1.82. The molecule has 0 nitrogen and oxygen atoms in total. The molecule has 1 aromatic carbocycles. The van der Waals surface area contributed by atoms with E-state index >= 15 is 0 Å². The van der Waals surface area contributed by atoms with E-state index in [1.807, 2.05) is 0 Å². The van der Waals surface area contributed by atoms with Gasteiger partial charge in [-0.05, 0) is 60.1 Å². The number of aryl methyl sites for hydroxylation is 2. The molecule has 0 saturated carbocycles. The summed E-state index contributed by atoms with van der Waals surface area (Å²) in [4.78, 5) is 0. The third-order valence-corrected chi connectivity index (χ3v) is 3.87. The number of hydrogen-bond donors (Lipinski definition) is 0. The first-order valence-electron chi connectivity index (χ1n) is 6.59. The van der Waals surface area contributed by atoms with Crippen molar-refractivity contribution in [1.82, 2.24) is 0 Å². The molecule has 3 rings (SSSR count). The van der Waals surface area contributed by atoms with Crippen LogP contribution in [0.3, 0.4) is 0 Å². The summed E-state index contributed by atoms with van der Waals surface area (Å²) in [6, 6.07) is 4.70. The van der Waals surface area contributed by atoms with Crippen molar-refractivity contribution in [3.63, 3.8) is 0 Å². The highest BCUT2D eigenvalue weighted by molar-refractivity contribution is 5.84. The van der Waals surface area contributed by atoms with E-state index in [0.717, 1.165) is 12.8 Å². The lowest BCUT2D eigenvalue weighted by Crippen LogP contribution is -1.95. The van der Waals surface area contributed by atoms with Gasteiger partial charge < -0.3 is 0 Å². The quantitative estimate of drug-likeness (QED) is 0.676. The first-order valence-corrected chi connectivity index (χ1v) is 6.59. The maximum atomic E-state index is 2.35. The van der Waals surface area contributed by atoms with Crippen molar-refractivity contribution in [2.45, 2.75) is 26.7 Å². The molecule has 1 aromatic rings. The van der Waals surface area contributed by atoms with Crippen molar-refractivity contribution in [2.24, 2.45) is 0 Å². The lowest BCUT2D eigenvalue weighted by Gasteiger charge is -2.15. The second kappa shape index (κ2) is 4.45. The van der Waals surface area contributed by atoms with Gasteiger partial charge in [-0.25, -0.2) is 0 Å². The van der Waals surface area contributed by atoms with Crippen molar-refractivity contribution in [3.8, 4) is 0 Å². The third-order valence-electron chi connectivity index (χ3n) is 3.87. The maximum absolute atomic E-state index is 2.35. The topological polar surface area (TPSA) is 0 Å². The van der Waals surface area contributed by atoms with Crippen LogP contribution < -0.4 is 0 Å². The maximum Gasteiger partial charge on any atom is -0.00882 e. The average molecular weight is 234 g/mol. The molecule has 2 aliphatic rings. The van der Waals surface area contributed by atoms with Gasteiger partial charge >= 0.3 is 0 Å². The van der Waals surface area contributed by atoms with Crippen molar-refractivity contribution in [3.05, 3.63) is 70.8 Å². The SMILES string of the molecule is Cc1cc(C2=CC=CC2)c(C2=CC=CC2)cc1C. The molecule has 0 atom stereocenters. The second-order valence-corrected chi connectivity index (χ2v) is 5.13. The van der Waals surface area contributed by atoms with E-state index in [-0.39, 0.29) is 0 Å². The van der Waals surface area contributed by atoms with Gasteiger partial charge in [0.15, 0.2) is 0 Å². The van der Waals surface area contributed by atoms with E-state index < -0.39 is 0 Å². The summed E-state index contributed by atoms with van der Waals surface area (Å²) in [7, 11) is 0. The molecule has 0 heteroatoms. The second-order valence-electron chi connectivity index (χ2n) is 5.13. The van der Waals surface area contributed by atoms with Gasteiger partial charge in [0, 0.05) is 0 Å². The first kappa shape index (κ1) is 11.3. The van der Waals surface area contributed by atoms with Crippen LogP contribution in [0, 0.1) is 13.8 Å². The average Bonchev–Trinajstić information content (AvgIpc) is 3.02. The van der Waals surface area contributed by atoms with Crippen LogP contribution in [0.5, 0.6) is 0 Å². The van der Waals surface area contributed by atoms with Crippen molar-refractivity contribution in [1.29, 1.82) is 0 Å². The highest BCUT2D eigenvalue weighted by Crippen LogP contribution is 2.35. The molecule has 0 heterocycles. The molecule has 0 aromatic heterocycles. The molecule has 18 heavy (non-hydrogen) atoms. The van der Waals surface area contributed by atoms with Gasteiger partial charge in [0.2, 0.25) is 0 Å². The molecular formula is C18H18. The molecule has 0 radical (unpaired) electrons. The summed E-state index contributed by atoms with van der Waals surface area (Å²) in [6.45, 7) is 4.40. The van der Waals surface area contributed by atoms with Crippen LogP contribution >= 0.6 is 0 Å². The predicted molar refractivity (Wildman–Crippen MR) is 79.4 cm³/mol. The van der Waals surface area contributed by atoms with Crippen LogP contribution in [-0.2, 0) is 0 Å². The van der Waals surface area contributed by atoms with Crippen LogP contribution in [0.4, 0.5) is 0 Å². The van der Waals surface area contributed by atoms with Crippen LogP contribution in [0.15, 0.2) is 48.6 Å². The van der Waals surface area contributed by atoms with Crippen LogP contribution in [0.1, 0.15) is 35.1 Å². The summed E-state index contributed by atoms with van der Waals surface area (Å²) in [5.41, 5.74) is 8.49. The molecular weight excluding hydrogens is 216 g/mol. The van der Waals surface area contributed by atoms with E-state index in [2.05, 4.69) is 62.4 Å². The fourth-order valence-electron chi connectivity index (χ4n) is 2.64. The van der Waals surface area contributed by atoms with Gasteiger partial charge in [-0.15, -0.1) is 0 Å². The lowest BCUT2D eigenvalue weighted by atomic mass is 9.89. The fraction of sp³-hybridized carbons (Fsp3) is 0.222. The molecule has 90 valence electrons. The summed E-state index contributed by atoms with van der Waals surface area (Å²) in [6.07, 6.45) is 15.4. The summed E-state index contributed by atoms with van der Waals surface area (Å²) in [5.74, 6) is 0. The zero-order valence-corrected chi connectivity index (χ0v) is 11.0. The van der Waals surface area contributed by atoms with Crippen LogP contribution in [0.2, 0.25) is 0 Å². The molecule has 0 saturated heterocycles. The van der Waals surface area contributed by atoms with Crippen molar-refractivity contribution < 1.29 is 0 Å². The molecule has 0 spiro atoms. The summed E-state index contributed by atoms with van der Waals surface area (Å²) < 4.78 is 0. The Bertz CT molecular complexity index is 552. The zero-order chi connectivity index (χ0) is 12.5. The zero-order valence-electron chi connectivity index (χ0n) is 11.0. The molecule has 2 aliphatic carbocycles. The number of benzene rings is 1. The minimum Gasteiger partial charge on any atom is -0.0801 e. The fourth-order valence-corrected chi connectivity index (χ4v) is 2.64. The minimum absolute atomic E-state index is 1.07. The Labute approximate surface area is 109 Å². The van der Waals surface area contributed by atoms with Crippen molar-refractivity contribution in [2.75, 3.05) is 0 Å². The lowest BCUT2D eigenvalue weighted by molar-refractivity contribution is 1.28. The smallest absolute Gasteiger partial charge is 0.00882 e. The molecule has 0 amide bonds. The molecule has 0 fully saturated rings. The third kappa shape index (κ3) is 1.88. The Morgan fingerprint density at radius 2 is 1.17 bits per heavy atom. The predicted octanol–water partition coefficient (Wildman–Crippen LogP) is 4.99. The highest BCUT2D eigenvalue weighted by atomic mass is 14.2. The van der Waals surface area contributed by atoms with E-state index in [4.69, 9.17) is 0 Å². The molecule has 0 aliphatic heterocycles. The first-order chi connectivity index (χ1) is 8.75. The standard InChI is InChI=1S/C18H18/c1-13-11-17(15-7-3-4-8-15)18(12-14(13)2)16-9-5-6-10-16/h3-7,9,11-12H,8,10H2,1-2H3. The van der Waals surface area contributed by atoms with E-state index in [1.54, 1.807) is 0 Å². The molecule has 0 unspecified atom stereocenters. The van der Waals surface area contributed by atoms with Gasteiger partial charge in [-0.2, -0.15) is 0 Å². The van der Waals surface area contributed by atoms with E-state index in [9.17, 15) is 0 Å². The summed E-state index contributed by atoms with van der Waals surface area (Å²) >= 11 is 0. The summed E-state index contributed by atoms with van der Waals surface area (Å²) in [5, 5.41) is 0. The van der Waals surface area contributed by atoms with Gasteiger partial charge in [-0.1, -0.05) is 48.6 Å². The number of hydrogen-bond acceptors (Lipinski definition) is 0. The minimum atomic E-state index is 1.07. The van der Waals surface area contributed by atoms with E-state index in [0.29, 0.717) is 0 Å². The Balaban J connectivity index is 2.13. The van der Waals surface area contributed by atoms with Crippen LogP contribution in [0.25, 0.3) is 11.1 Å². The molecule has 0 bridgehead atoms. The molecule has 0 N–H and O–H groups in total. The largest absolute Gasteiger partial charge is 0.0801 e. The number of rotatable bonds is 2. The normalized spacial score (nSPS) is 17.2. The van der Waals surface area contributed by atoms with Gasteiger partial charge in [0.1, 0.15) is 0 Å². The van der Waals surface area contributed by atoms with Gasteiger partial charge in [0.25, 0.3) is 0 Å². The highest BCUT2D eigenvalue weighted by Gasteiger charge is 2.14.